The Hall–Kier alpha value is -2.07. The Kier molecular flexibility index (Phi) is 2.01. The molecule has 3 aromatic rings. The van der Waals surface area contributed by atoms with E-state index in [1.165, 1.54) is 0 Å². The maximum Gasteiger partial charge on any atom is 0.208 e. The second-order valence-electron chi connectivity index (χ2n) is 3.59. The van der Waals surface area contributed by atoms with Crippen molar-refractivity contribution in [3.05, 3.63) is 42.4 Å². The van der Waals surface area contributed by atoms with Gasteiger partial charge in [-0.25, -0.2) is 4.98 Å². The molecule has 16 heavy (non-hydrogen) atoms. The Morgan fingerprint density at radius 2 is 2.19 bits per heavy atom. The zero-order valence-corrected chi connectivity index (χ0v) is 8.60. The number of H-pyrrole nitrogens is 1. The van der Waals surface area contributed by atoms with Crippen LogP contribution in [0.4, 0.5) is 0 Å². The second kappa shape index (κ2) is 3.50. The van der Waals surface area contributed by atoms with Gasteiger partial charge in [0.05, 0.1) is 18.4 Å². The lowest BCUT2D eigenvalue weighted by Gasteiger charge is -1.89. The molecule has 80 valence electrons. The Bertz CT molecular complexity index is 591. The zero-order valence-electron chi connectivity index (χ0n) is 8.60. The number of fused-ring (bicyclic) bond motifs is 1. The summed E-state index contributed by atoms with van der Waals surface area (Å²) in [4.78, 5) is 7.34. The topological polar surface area (TPSA) is 67.8 Å². The van der Waals surface area contributed by atoms with Gasteiger partial charge in [-0.15, -0.1) is 0 Å². The van der Waals surface area contributed by atoms with Gasteiger partial charge in [-0.2, -0.15) is 0 Å². The molecule has 0 radical (unpaired) electrons. The number of nitrogens with zero attached hydrogens (tertiary/aromatic N) is 1. The quantitative estimate of drug-likeness (QED) is 0.686. The number of aromatic nitrogens is 2. The summed E-state index contributed by atoms with van der Waals surface area (Å²) in [7, 11) is 0. The van der Waals surface area contributed by atoms with E-state index in [9.17, 15) is 0 Å². The summed E-state index contributed by atoms with van der Waals surface area (Å²) in [6, 6.07) is 10.1. The molecular weight excluding hydrogens is 202 g/mol. The maximum atomic E-state index is 5.48. The Balaban J connectivity index is 2.11. The predicted molar refractivity (Wildman–Crippen MR) is 61.7 cm³/mol. The summed E-state index contributed by atoms with van der Waals surface area (Å²) in [5.41, 5.74) is 7.46. The monoisotopic (exact) mass is 213 g/mol. The first-order chi connectivity index (χ1) is 7.86. The molecule has 0 unspecified atom stereocenters. The van der Waals surface area contributed by atoms with E-state index in [1.54, 1.807) is 6.20 Å². The van der Waals surface area contributed by atoms with Crippen LogP contribution in [-0.4, -0.2) is 9.97 Å². The highest BCUT2D eigenvalue weighted by molar-refractivity contribution is 5.84. The molecule has 3 N–H and O–H groups in total. The van der Waals surface area contributed by atoms with E-state index in [-0.39, 0.29) is 0 Å². The van der Waals surface area contributed by atoms with Crippen LogP contribution in [0.2, 0.25) is 0 Å². The molecule has 0 amide bonds. The molecule has 0 aliphatic heterocycles. The number of rotatable bonds is 2. The average Bonchev–Trinajstić information content (AvgIpc) is 2.95. The summed E-state index contributed by atoms with van der Waals surface area (Å²) < 4.78 is 5.48. The van der Waals surface area contributed by atoms with E-state index in [0.717, 1.165) is 22.4 Å². The van der Waals surface area contributed by atoms with Crippen LogP contribution in [0.3, 0.4) is 0 Å². The molecule has 4 nitrogen and oxygen atoms in total. The van der Waals surface area contributed by atoms with Gasteiger partial charge in [0.2, 0.25) is 5.89 Å². The van der Waals surface area contributed by atoms with Gasteiger partial charge >= 0.3 is 0 Å². The number of nitrogens with two attached hydrogens (primary N) is 1. The first-order valence-electron chi connectivity index (χ1n) is 5.10. The number of benzene rings is 1. The summed E-state index contributed by atoms with van der Waals surface area (Å²) in [5.74, 6) is 1.27. The van der Waals surface area contributed by atoms with Gasteiger partial charge in [0.25, 0.3) is 0 Å². The third-order valence-corrected chi connectivity index (χ3v) is 2.52. The van der Waals surface area contributed by atoms with Gasteiger partial charge in [-0.3, -0.25) is 0 Å². The Morgan fingerprint density at radius 1 is 1.31 bits per heavy atom. The highest BCUT2D eigenvalue weighted by Gasteiger charge is 2.07. The molecule has 2 aromatic heterocycles. The molecule has 0 aliphatic rings. The van der Waals surface area contributed by atoms with E-state index >= 15 is 0 Å². The molecule has 0 aliphatic carbocycles. The van der Waals surface area contributed by atoms with Crippen molar-refractivity contribution >= 4 is 10.9 Å². The minimum Gasteiger partial charge on any atom is -0.438 e. The van der Waals surface area contributed by atoms with Crippen LogP contribution in [0.15, 0.2) is 40.9 Å². The number of para-hydroxylation sites is 1. The minimum atomic E-state index is 0.320. The SMILES string of the molecule is NCc1ncc(-c2cc3ccccc3[nH]2)o1. The fraction of sp³-hybridized carbons (Fsp3) is 0.0833. The molecule has 0 spiro atoms. The highest BCUT2D eigenvalue weighted by atomic mass is 16.4. The van der Waals surface area contributed by atoms with Gasteiger partial charge in [0.1, 0.15) is 0 Å². The van der Waals surface area contributed by atoms with Crippen molar-refractivity contribution in [1.82, 2.24) is 9.97 Å². The van der Waals surface area contributed by atoms with Crippen molar-refractivity contribution in [3.8, 4) is 11.5 Å². The number of hydrogen-bond donors (Lipinski definition) is 2. The molecule has 0 bridgehead atoms. The number of oxazole rings is 1. The van der Waals surface area contributed by atoms with E-state index in [4.69, 9.17) is 10.2 Å². The number of nitrogens with one attached hydrogen (secondary N) is 1. The summed E-state index contributed by atoms with van der Waals surface area (Å²) in [5, 5.41) is 1.16. The zero-order chi connectivity index (χ0) is 11.0. The largest absolute Gasteiger partial charge is 0.438 e. The Morgan fingerprint density at radius 3 is 2.94 bits per heavy atom. The van der Waals surface area contributed by atoms with E-state index < -0.39 is 0 Å². The summed E-state index contributed by atoms with van der Waals surface area (Å²) >= 11 is 0. The third kappa shape index (κ3) is 1.40. The molecule has 0 saturated carbocycles. The fourth-order valence-electron chi connectivity index (χ4n) is 1.74. The van der Waals surface area contributed by atoms with Crippen LogP contribution in [0, 0.1) is 0 Å². The lowest BCUT2D eigenvalue weighted by atomic mass is 10.2. The average molecular weight is 213 g/mol. The van der Waals surface area contributed by atoms with Crippen molar-refractivity contribution in [2.24, 2.45) is 5.73 Å². The maximum absolute atomic E-state index is 5.48. The summed E-state index contributed by atoms with van der Waals surface area (Å²) in [6.45, 7) is 0.320. The molecule has 4 heteroatoms. The van der Waals surface area contributed by atoms with Crippen molar-refractivity contribution in [1.29, 1.82) is 0 Å². The van der Waals surface area contributed by atoms with Crippen LogP contribution >= 0.6 is 0 Å². The molecule has 2 heterocycles. The van der Waals surface area contributed by atoms with E-state index in [0.29, 0.717) is 12.4 Å². The van der Waals surface area contributed by atoms with Gasteiger partial charge in [0, 0.05) is 10.9 Å². The fourth-order valence-corrected chi connectivity index (χ4v) is 1.74. The normalized spacial score (nSPS) is 11.1. The van der Waals surface area contributed by atoms with Crippen LogP contribution in [0.1, 0.15) is 5.89 Å². The van der Waals surface area contributed by atoms with Gasteiger partial charge in [0.15, 0.2) is 5.76 Å². The van der Waals surface area contributed by atoms with E-state index in [1.807, 2.05) is 24.3 Å². The molecule has 3 rings (SSSR count). The highest BCUT2D eigenvalue weighted by Crippen LogP contribution is 2.24. The first-order valence-corrected chi connectivity index (χ1v) is 5.10. The minimum absolute atomic E-state index is 0.320. The van der Waals surface area contributed by atoms with E-state index in [2.05, 4.69) is 16.0 Å². The van der Waals surface area contributed by atoms with Crippen LogP contribution in [-0.2, 0) is 6.54 Å². The first kappa shape index (κ1) is 9.18. The van der Waals surface area contributed by atoms with Gasteiger partial charge < -0.3 is 15.1 Å². The predicted octanol–water partition coefficient (Wildman–Crippen LogP) is 2.28. The van der Waals surface area contributed by atoms with Crippen molar-refractivity contribution in [2.75, 3.05) is 0 Å². The second-order valence-corrected chi connectivity index (χ2v) is 3.59. The van der Waals surface area contributed by atoms with Crippen molar-refractivity contribution in [3.63, 3.8) is 0 Å². The van der Waals surface area contributed by atoms with Gasteiger partial charge in [-0.1, -0.05) is 18.2 Å². The molecule has 0 atom stereocenters. The van der Waals surface area contributed by atoms with Crippen LogP contribution in [0.25, 0.3) is 22.4 Å². The molecule has 0 fully saturated rings. The number of aromatic amines is 1. The smallest absolute Gasteiger partial charge is 0.208 e. The summed E-state index contributed by atoms with van der Waals surface area (Å²) in [6.07, 6.45) is 1.69. The van der Waals surface area contributed by atoms with Crippen molar-refractivity contribution < 1.29 is 4.42 Å². The molecule has 0 saturated heterocycles. The van der Waals surface area contributed by atoms with Crippen molar-refractivity contribution in [2.45, 2.75) is 6.54 Å². The van der Waals surface area contributed by atoms with Gasteiger partial charge in [-0.05, 0) is 12.1 Å². The lowest BCUT2D eigenvalue weighted by molar-refractivity contribution is 0.508. The number of hydrogen-bond acceptors (Lipinski definition) is 3. The molecule has 1 aromatic carbocycles. The molecular formula is C12H11N3O. The Labute approximate surface area is 92.1 Å². The van der Waals surface area contributed by atoms with Crippen LogP contribution < -0.4 is 5.73 Å². The lowest BCUT2D eigenvalue weighted by Crippen LogP contribution is -1.94. The standard InChI is InChI=1S/C12H11N3O/c13-6-12-14-7-11(16-12)10-5-8-3-1-2-4-9(8)15-10/h1-5,7,15H,6,13H2. The van der Waals surface area contributed by atoms with Crippen LogP contribution in [0.5, 0.6) is 0 Å². The third-order valence-electron chi connectivity index (χ3n) is 2.52.